The van der Waals surface area contributed by atoms with Crippen molar-refractivity contribution < 1.29 is 22.7 Å². The van der Waals surface area contributed by atoms with E-state index >= 15 is 0 Å². The molecular formula is C21H26N6O5S. The molecule has 2 N–H and O–H groups in total. The van der Waals surface area contributed by atoms with Crippen LogP contribution in [0.15, 0.2) is 41.8 Å². The number of sulfonamides is 1. The van der Waals surface area contributed by atoms with Crippen molar-refractivity contribution in [3.8, 4) is 0 Å². The number of nitrogens with zero attached hydrogens (tertiary/aromatic N) is 5. The number of fused-ring (bicyclic) bond motifs is 1. The minimum Gasteiger partial charge on any atom is -0.466 e. The molecule has 0 unspecified atom stereocenters. The molecule has 1 saturated heterocycles. The third kappa shape index (κ3) is 5.46. The maximum absolute atomic E-state index is 12.7. The lowest BCUT2D eigenvalue weighted by Crippen LogP contribution is -2.40. The van der Waals surface area contributed by atoms with Crippen LogP contribution in [-0.4, -0.2) is 71.1 Å². The van der Waals surface area contributed by atoms with Crippen LogP contribution in [0.2, 0.25) is 0 Å². The maximum Gasteiger partial charge on any atom is 0.306 e. The number of esters is 1. The normalized spacial score (nSPS) is 15.0. The molecule has 1 fully saturated rings. The lowest BCUT2D eigenvalue weighted by atomic mass is 10.1. The van der Waals surface area contributed by atoms with E-state index in [-0.39, 0.29) is 23.9 Å². The molecule has 4 rings (SSSR count). The van der Waals surface area contributed by atoms with Gasteiger partial charge in [0.15, 0.2) is 11.5 Å². The monoisotopic (exact) mass is 474 g/mol. The summed E-state index contributed by atoms with van der Waals surface area (Å²) < 4.78 is 39.1. The molecule has 0 amide bonds. The number of nitrogens with two attached hydrogens (primary N) is 1. The van der Waals surface area contributed by atoms with Crippen LogP contribution in [0.5, 0.6) is 0 Å². The summed E-state index contributed by atoms with van der Waals surface area (Å²) in [7, 11) is -3.52. The second kappa shape index (κ2) is 10.2. The largest absolute Gasteiger partial charge is 0.466 e. The van der Waals surface area contributed by atoms with E-state index in [2.05, 4.69) is 15.0 Å². The molecule has 0 aliphatic carbocycles. The van der Waals surface area contributed by atoms with Gasteiger partial charge >= 0.3 is 5.97 Å². The first-order valence-electron chi connectivity index (χ1n) is 10.7. The molecule has 3 aromatic rings. The minimum atomic E-state index is -3.52. The van der Waals surface area contributed by atoms with Gasteiger partial charge in [-0.2, -0.15) is 4.31 Å². The summed E-state index contributed by atoms with van der Waals surface area (Å²) in [5.41, 5.74) is 7.85. The number of ether oxygens (including phenoxy) is 2. The van der Waals surface area contributed by atoms with Crippen LogP contribution in [0.4, 0.5) is 5.82 Å². The number of imidazole rings is 1. The van der Waals surface area contributed by atoms with E-state index < -0.39 is 10.0 Å². The van der Waals surface area contributed by atoms with Crippen LogP contribution in [0.25, 0.3) is 11.2 Å². The van der Waals surface area contributed by atoms with Crippen molar-refractivity contribution in [3.63, 3.8) is 0 Å². The number of aromatic nitrogens is 4. The molecule has 1 aliphatic rings. The van der Waals surface area contributed by atoms with Gasteiger partial charge in [0.2, 0.25) is 10.0 Å². The first kappa shape index (κ1) is 23.1. The third-order valence-electron chi connectivity index (χ3n) is 5.38. The summed E-state index contributed by atoms with van der Waals surface area (Å²) in [6, 6.07) is 6.63. The van der Waals surface area contributed by atoms with Crippen LogP contribution in [0.3, 0.4) is 0 Å². The van der Waals surface area contributed by atoms with Crippen LogP contribution in [0, 0.1) is 0 Å². The quantitative estimate of drug-likeness (QED) is 0.355. The smallest absolute Gasteiger partial charge is 0.306 e. The Kier molecular flexibility index (Phi) is 7.16. The summed E-state index contributed by atoms with van der Waals surface area (Å²) in [4.78, 5) is 24.6. The minimum absolute atomic E-state index is 0.216. The fourth-order valence-electron chi connectivity index (χ4n) is 3.57. The number of carbonyl (C=O) groups excluding carboxylic acids is 1. The average molecular weight is 475 g/mol. The topological polar surface area (TPSA) is 143 Å². The van der Waals surface area contributed by atoms with E-state index in [1.54, 1.807) is 30.6 Å². The van der Waals surface area contributed by atoms with E-state index in [0.29, 0.717) is 62.7 Å². The lowest BCUT2D eigenvalue weighted by molar-refractivity contribution is -0.143. The first-order chi connectivity index (χ1) is 15.9. The van der Waals surface area contributed by atoms with E-state index in [0.717, 1.165) is 5.56 Å². The number of hydrogen-bond acceptors (Lipinski definition) is 9. The zero-order valence-electron chi connectivity index (χ0n) is 18.1. The van der Waals surface area contributed by atoms with Gasteiger partial charge in [-0.15, -0.1) is 0 Å². The molecule has 0 atom stereocenters. The molecular weight excluding hydrogens is 448 g/mol. The number of hydrogen-bond donors (Lipinski definition) is 1. The number of nitrogen functional groups attached to an aromatic ring is 1. The average Bonchev–Trinajstić information content (AvgIpc) is 3.26. The molecule has 1 aliphatic heterocycles. The first-order valence-corrected chi connectivity index (χ1v) is 12.1. The fourth-order valence-corrected chi connectivity index (χ4v) is 4.97. The van der Waals surface area contributed by atoms with Gasteiger partial charge in [0.05, 0.1) is 31.0 Å². The Hall–Kier alpha value is -3.09. The highest BCUT2D eigenvalue weighted by atomic mass is 32.2. The highest BCUT2D eigenvalue weighted by molar-refractivity contribution is 7.89. The summed E-state index contributed by atoms with van der Waals surface area (Å²) in [5, 5.41) is 0. The van der Waals surface area contributed by atoms with Crippen molar-refractivity contribution in [2.24, 2.45) is 0 Å². The van der Waals surface area contributed by atoms with Gasteiger partial charge in [0.1, 0.15) is 11.8 Å². The highest BCUT2D eigenvalue weighted by Crippen LogP contribution is 2.18. The van der Waals surface area contributed by atoms with Gasteiger partial charge in [0, 0.05) is 26.1 Å². The fraction of sp³-hybridized carbons (Fsp3) is 0.429. The Morgan fingerprint density at radius 2 is 1.88 bits per heavy atom. The number of morpholine rings is 1. The molecule has 0 saturated carbocycles. The summed E-state index contributed by atoms with van der Waals surface area (Å²) in [6.07, 6.45) is 4.32. The second-order valence-corrected chi connectivity index (χ2v) is 9.54. The Bertz CT molecular complexity index is 1210. The molecule has 2 aromatic heterocycles. The van der Waals surface area contributed by atoms with E-state index in [4.69, 9.17) is 15.2 Å². The maximum atomic E-state index is 12.7. The zero-order valence-corrected chi connectivity index (χ0v) is 18.9. The zero-order chi connectivity index (χ0) is 23.3. The van der Waals surface area contributed by atoms with Crippen LogP contribution in [-0.2, 0) is 37.3 Å². The van der Waals surface area contributed by atoms with Gasteiger partial charge in [0.25, 0.3) is 0 Å². The molecule has 3 heterocycles. The molecule has 0 spiro atoms. The molecule has 0 bridgehead atoms. The summed E-state index contributed by atoms with van der Waals surface area (Å²) in [6.45, 7) is 2.38. The standard InChI is InChI=1S/C21H26N6O5S/c22-20-19-21(24-14-23-20)26(15-25-19)8-1-11-32-18(28)7-4-16-2-5-17(6-3-16)33(29,30)27-9-12-31-13-10-27/h2-3,5-6,14-15H,1,4,7-13H2,(H2,22,23,24). The van der Waals surface area contributed by atoms with Crippen molar-refractivity contribution in [3.05, 3.63) is 42.5 Å². The molecule has 33 heavy (non-hydrogen) atoms. The third-order valence-corrected chi connectivity index (χ3v) is 7.30. The van der Waals surface area contributed by atoms with Crippen molar-refractivity contribution in [1.82, 2.24) is 23.8 Å². The van der Waals surface area contributed by atoms with Crippen molar-refractivity contribution >= 4 is 33.0 Å². The molecule has 0 radical (unpaired) electrons. The van der Waals surface area contributed by atoms with Crippen molar-refractivity contribution in [2.45, 2.75) is 30.7 Å². The Morgan fingerprint density at radius 3 is 2.64 bits per heavy atom. The molecule has 1 aromatic carbocycles. The van der Waals surface area contributed by atoms with Crippen LogP contribution < -0.4 is 5.73 Å². The van der Waals surface area contributed by atoms with Gasteiger partial charge in [-0.25, -0.2) is 23.4 Å². The molecule has 12 heteroatoms. The number of aryl methyl sites for hydroxylation is 2. The van der Waals surface area contributed by atoms with Gasteiger partial charge in [-0.05, 0) is 30.5 Å². The summed E-state index contributed by atoms with van der Waals surface area (Å²) in [5.74, 6) is 0.0268. The Balaban J connectivity index is 1.21. The predicted octanol–water partition coefficient (Wildman–Crippen LogP) is 0.996. The second-order valence-electron chi connectivity index (χ2n) is 7.60. The predicted molar refractivity (Wildman–Crippen MR) is 120 cm³/mol. The van der Waals surface area contributed by atoms with Gasteiger partial charge < -0.3 is 19.8 Å². The number of benzene rings is 1. The van der Waals surface area contributed by atoms with E-state index in [9.17, 15) is 13.2 Å². The van der Waals surface area contributed by atoms with Crippen LogP contribution >= 0.6 is 0 Å². The number of anilines is 1. The van der Waals surface area contributed by atoms with Crippen LogP contribution in [0.1, 0.15) is 18.4 Å². The van der Waals surface area contributed by atoms with Gasteiger partial charge in [-0.3, -0.25) is 4.79 Å². The molecule has 11 nitrogen and oxygen atoms in total. The lowest BCUT2D eigenvalue weighted by Gasteiger charge is -2.26. The number of carbonyl (C=O) groups is 1. The Labute approximate surface area is 191 Å². The summed E-state index contributed by atoms with van der Waals surface area (Å²) >= 11 is 0. The Morgan fingerprint density at radius 1 is 1.12 bits per heavy atom. The molecule has 176 valence electrons. The van der Waals surface area contributed by atoms with E-state index in [1.807, 2.05) is 4.57 Å². The SMILES string of the molecule is Nc1ncnc2c1ncn2CCCOC(=O)CCc1ccc(S(=O)(=O)N2CCOCC2)cc1. The highest BCUT2D eigenvalue weighted by Gasteiger charge is 2.26. The number of rotatable bonds is 9. The van der Waals surface area contributed by atoms with E-state index in [1.165, 1.54) is 10.6 Å². The van der Waals surface area contributed by atoms with Crippen molar-refractivity contribution in [2.75, 3.05) is 38.6 Å². The van der Waals surface area contributed by atoms with Gasteiger partial charge in [-0.1, -0.05) is 12.1 Å². The van der Waals surface area contributed by atoms with Crippen molar-refractivity contribution in [1.29, 1.82) is 0 Å².